The van der Waals surface area contributed by atoms with Crippen molar-refractivity contribution in [3.8, 4) is 22.5 Å². The number of carbonyl (C=O) groups excluding carboxylic acids is 1. The molecule has 0 aliphatic rings. The van der Waals surface area contributed by atoms with Gasteiger partial charge in [-0.2, -0.15) is 5.10 Å². The average Bonchev–Trinajstić information content (AvgIpc) is 3.38. The molecule has 3 heterocycles. The standard InChI is InChI=1S/C25H21N5O/c1-17-11-12-30-16-22(27-24(30)13-17)19-9-6-10-20(14-19)26-25(31)23-15-21(28-29(23)2)18-7-4-3-5-8-18/h3-16H,1-2H3,(H,26,31). The van der Waals surface area contributed by atoms with Crippen LogP contribution in [-0.4, -0.2) is 25.1 Å². The van der Waals surface area contributed by atoms with E-state index >= 15 is 0 Å². The number of hydrogen-bond acceptors (Lipinski definition) is 3. The molecule has 5 aromatic rings. The quantitative estimate of drug-likeness (QED) is 0.458. The number of benzene rings is 2. The number of fused-ring (bicyclic) bond motifs is 1. The lowest BCUT2D eigenvalue weighted by molar-refractivity contribution is 0.101. The summed E-state index contributed by atoms with van der Waals surface area (Å²) in [6.45, 7) is 2.05. The van der Waals surface area contributed by atoms with Crippen LogP contribution in [0.15, 0.2) is 85.2 Å². The minimum Gasteiger partial charge on any atom is -0.321 e. The van der Waals surface area contributed by atoms with Gasteiger partial charge in [0, 0.05) is 36.3 Å². The van der Waals surface area contributed by atoms with Crippen molar-refractivity contribution in [3.05, 3.63) is 96.4 Å². The van der Waals surface area contributed by atoms with Gasteiger partial charge in [-0.3, -0.25) is 9.48 Å². The van der Waals surface area contributed by atoms with Crippen molar-refractivity contribution in [1.82, 2.24) is 19.2 Å². The van der Waals surface area contributed by atoms with E-state index in [9.17, 15) is 4.79 Å². The fourth-order valence-corrected chi connectivity index (χ4v) is 3.60. The highest BCUT2D eigenvalue weighted by atomic mass is 16.2. The maximum Gasteiger partial charge on any atom is 0.273 e. The molecule has 0 saturated carbocycles. The molecule has 0 atom stereocenters. The first kappa shape index (κ1) is 18.8. The zero-order valence-corrected chi connectivity index (χ0v) is 17.3. The van der Waals surface area contributed by atoms with Crippen LogP contribution in [0.5, 0.6) is 0 Å². The predicted octanol–water partition coefficient (Wildman–Crippen LogP) is 4.96. The van der Waals surface area contributed by atoms with E-state index in [4.69, 9.17) is 4.98 Å². The normalized spacial score (nSPS) is 11.0. The van der Waals surface area contributed by atoms with Crippen LogP contribution in [0.3, 0.4) is 0 Å². The molecule has 0 unspecified atom stereocenters. The van der Waals surface area contributed by atoms with Gasteiger partial charge in [0.1, 0.15) is 11.3 Å². The molecule has 1 amide bonds. The molecular weight excluding hydrogens is 386 g/mol. The first-order chi connectivity index (χ1) is 15.1. The molecule has 152 valence electrons. The van der Waals surface area contributed by atoms with E-state index in [0.29, 0.717) is 11.4 Å². The number of nitrogens with zero attached hydrogens (tertiary/aromatic N) is 4. The molecule has 3 aromatic heterocycles. The van der Waals surface area contributed by atoms with E-state index in [1.807, 2.05) is 90.4 Å². The number of amides is 1. The summed E-state index contributed by atoms with van der Waals surface area (Å²) in [5.74, 6) is -0.208. The molecule has 0 spiro atoms. The lowest BCUT2D eigenvalue weighted by Crippen LogP contribution is -2.16. The van der Waals surface area contributed by atoms with Crippen molar-refractivity contribution in [3.63, 3.8) is 0 Å². The summed E-state index contributed by atoms with van der Waals surface area (Å²) in [6.07, 6.45) is 3.99. The van der Waals surface area contributed by atoms with Crippen molar-refractivity contribution >= 4 is 17.2 Å². The van der Waals surface area contributed by atoms with Gasteiger partial charge >= 0.3 is 0 Å². The van der Waals surface area contributed by atoms with Crippen molar-refractivity contribution in [2.75, 3.05) is 5.32 Å². The summed E-state index contributed by atoms with van der Waals surface area (Å²) < 4.78 is 3.60. The van der Waals surface area contributed by atoms with Gasteiger partial charge in [-0.05, 0) is 42.8 Å². The number of imidazole rings is 1. The highest BCUT2D eigenvalue weighted by Gasteiger charge is 2.15. The lowest BCUT2D eigenvalue weighted by Gasteiger charge is -2.06. The van der Waals surface area contributed by atoms with Crippen molar-refractivity contribution in [2.24, 2.45) is 7.05 Å². The van der Waals surface area contributed by atoms with Crippen LogP contribution < -0.4 is 5.32 Å². The van der Waals surface area contributed by atoms with Gasteiger partial charge in [-0.15, -0.1) is 0 Å². The van der Waals surface area contributed by atoms with Crippen molar-refractivity contribution < 1.29 is 4.79 Å². The summed E-state index contributed by atoms with van der Waals surface area (Å²) in [7, 11) is 1.77. The maximum atomic E-state index is 12.9. The Balaban J connectivity index is 1.40. The molecule has 0 bridgehead atoms. The number of anilines is 1. The molecular formula is C25H21N5O. The Morgan fingerprint density at radius 1 is 0.903 bits per heavy atom. The minimum absolute atomic E-state index is 0.208. The van der Waals surface area contributed by atoms with Crippen LogP contribution in [0.4, 0.5) is 5.69 Å². The van der Waals surface area contributed by atoms with Gasteiger partial charge in [0.2, 0.25) is 0 Å². The van der Waals surface area contributed by atoms with Gasteiger partial charge in [0.25, 0.3) is 5.91 Å². The molecule has 6 nitrogen and oxygen atoms in total. The Kier molecular flexibility index (Phi) is 4.59. The van der Waals surface area contributed by atoms with E-state index in [2.05, 4.69) is 10.4 Å². The highest BCUT2D eigenvalue weighted by Crippen LogP contribution is 2.24. The number of aryl methyl sites for hydroxylation is 2. The largest absolute Gasteiger partial charge is 0.321 e. The number of nitrogens with one attached hydrogen (secondary N) is 1. The third-order valence-electron chi connectivity index (χ3n) is 5.21. The molecule has 2 aromatic carbocycles. The number of aromatic nitrogens is 4. The second-order valence-electron chi connectivity index (χ2n) is 7.54. The van der Waals surface area contributed by atoms with Crippen LogP contribution in [0, 0.1) is 6.92 Å². The Morgan fingerprint density at radius 2 is 1.71 bits per heavy atom. The Labute approximate surface area is 179 Å². The fourth-order valence-electron chi connectivity index (χ4n) is 3.60. The first-order valence-corrected chi connectivity index (χ1v) is 10.0. The van der Waals surface area contributed by atoms with Crippen molar-refractivity contribution in [2.45, 2.75) is 6.92 Å². The highest BCUT2D eigenvalue weighted by molar-refractivity contribution is 6.04. The molecule has 0 fully saturated rings. The molecule has 0 aliphatic heterocycles. The first-order valence-electron chi connectivity index (χ1n) is 10.0. The van der Waals surface area contributed by atoms with Gasteiger partial charge in [0.05, 0.1) is 11.4 Å². The van der Waals surface area contributed by atoms with E-state index in [1.54, 1.807) is 17.8 Å². The summed E-state index contributed by atoms with van der Waals surface area (Å²) in [4.78, 5) is 17.6. The molecule has 0 aliphatic carbocycles. The van der Waals surface area contributed by atoms with E-state index in [0.717, 1.165) is 33.7 Å². The van der Waals surface area contributed by atoms with Crippen LogP contribution >= 0.6 is 0 Å². The molecule has 5 rings (SSSR count). The molecule has 0 saturated heterocycles. The van der Waals surface area contributed by atoms with Crippen LogP contribution in [0.2, 0.25) is 0 Å². The lowest BCUT2D eigenvalue weighted by atomic mass is 10.1. The smallest absolute Gasteiger partial charge is 0.273 e. The van der Waals surface area contributed by atoms with E-state index in [1.165, 1.54) is 0 Å². The topological polar surface area (TPSA) is 64.2 Å². The monoisotopic (exact) mass is 407 g/mol. The minimum atomic E-state index is -0.208. The molecule has 1 N–H and O–H groups in total. The van der Waals surface area contributed by atoms with Gasteiger partial charge in [0.15, 0.2) is 0 Å². The summed E-state index contributed by atoms with van der Waals surface area (Å²) in [5, 5.41) is 7.47. The summed E-state index contributed by atoms with van der Waals surface area (Å²) in [6, 6.07) is 23.4. The Morgan fingerprint density at radius 3 is 2.55 bits per heavy atom. The fraction of sp³-hybridized carbons (Fsp3) is 0.0800. The average molecular weight is 407 g/mol. The number of rotatable bonds is 4. The summed E-state index contributed by atoms with van der Waals surface area (Å²) in [5.41, 5.74) is 6.79. The maximum absolute atomic E-state index is 12.9. The second kappa shape index (κ2) is 7.57. The van der Waals surface area contributed by atoms with Crippen molar-refractivity contribution in [1.29, 1.82) is 0 Å². The van der Waals surface area contributed by atoms with Crippen LogP contribution in [0.25, 0.3) is 28.2 Å². The van der Waals surface area contributed by atoms with Gasteiger partial charge in [-0.1, -0.05) is 42.5 Å². The third kappa shape index (κ3) is 3.71. The number of pyridine rings is 1. The SMILES string of the molecule is Cc1ccn2cc(-c3cccc(NC(=O)c4cc(-c5ccccc5)nn4C)c3)nc2c1. The van der Waals surface area contributed by atoms with Crippen LogP contribution in [0.1, 0.15) is 16.1 Å². The zero-order valence-electron chi connectivity index (χ0n) is 17.3. The van der Waals surface area contributed by atoms with E-state index < -0.39 is 0 Å². The number of hydrogen-bond donors (Lipinski definition) is 1. The predicted molar refractivity (Wildman–Crippen MR) is 122 cm³/mol. The van der Waals surface area contributed by atoms with Crippen LogP contribution in [-0.2, 0) is 7.05 Å². The third-order valence-corrected chi connectivity index (χ3v) is 5.21. The Bertz CT molecular complexity index is 1400. The zero-order chi connectivity index (χ0) is 21.4. The van der Waals surface area contributed by atoms with Gasteiger partial charge < -0.3 is 9.72 Å². The number of carbonyl (C=O) groups is 1. The molecule has 6 heteroatoms. The second-order valence-corrected chi connectivity index (χ2v) is 7.54. The summed E-state index contributed by atoms with van der Waals surface area (Å²) >= 11 is 0. The Hall–Kier alpha value is -4.19. The molecule has 0 radical (unpaired) electrons. The van der Waals surface area contributed by atoms with E-state index in [-0.39, 0.29) is 5.91 Å². The van der Waals surface area contributed by atoms with Gasteiger partial charge in [-0.25, -0.2) is 4.98 Å². The molecule has 31 heavy (non-hydrogen) atoms.